The fourth-order valence-electron chi connectivity index (χ4n) is 1.23. The molecule has 0 radical (unpaired) electrons. The van der Waals surface area contributed by atoms with E-state index >= 15 is 0 Å². The summed E-state index contributed by atoms with van der Waals surface area (Å²) in [5, 5.41) is 0. The molecule has 0 N–H and O–H groups in total. The van der Waals surface area contributed by atoms with E-state index in [1.807, 2.05) is 20.8 Å². The Morgan fingerprint density at radius 3 is 2.28 bits per heavy atom. The van der Waals surface area contributed by atoms with Crippen LogP contribution in [-0.2, 0) is 4.74 Å². The first-order chi connectivity index (χ1) is 7.90. The number of benzene rings is 1. The van der Waals surface area contributed by atoms with Gasteiger partial charge in [0.05, 0.1) is 5.60 Å². The van der Waals surface area contributed by atoms with Gasteiger partial charge in [-0.3, -0.25) is 0 Å². The predicted molar refractivity (Wildman–Crippen MR) is 63.7 cm³/mol. The Bertz CT molecular complexity index is 390. The molecule has 1 aromatic carbocycles. The molecule has 0 saturated carbocycles. The number of ether oxygens (including phenoxy) is 2. The van der Waals surface area contributed by atoms with Gasteiger partial charge in [-0.2, -0.15) is 0 Å². The molecule has 0 aliphatic carbocycles. The second-order valence-corrected chi connectivity index (χ2v) is 4.63. The molecule has 0 aromatic heterocycles. The minimum absolute atomic E-state index is 0. The van der Waals surface area contributed by atoms with Crippen LogP contribution in [0.15, 0.2) is 24.3 Å². The Labute approximate surface area is 120 Å². The van der Waals surface area contributed by atoms with Gasteiger partial charge in [0.1, 0.15) is 24.3 Å². The molecule has 1 aromatic rings. The molecule has 0 saturated heterocycles. The first-order valence-corrected chi connectivity index (χ1v) is 5.39. The van der Waals surface area contributed by atoms with Crippen molar-refractivity contribution in [2.45, 2.75) is 32.5 Å². The summed E-state index contributed by atoms with van der Waals surface area (Å²) in [6.07, 6.45) is 6.60. The maximum atomic E-state index is 12.7. The molecule has 1 atom stereocenters. The SMILES string of the molecule is [C-]#CC(COc1ccc(F)cc1)OC(C)(C)C.[Li+]. The average Bonchev–Trinajstić information content (AvgIpc) is 2.25. The zero-order valence-corrected chi connectivity index (χ0v) is 11.3. The van der Waals surface area contributed by atoms with E-state index in [9.17, 15) is 4.39 Å². The smallest absolute Gasteiger partial charge is 0.691 e. The zero-order chi connectivity index (χ0) is 12.9. The van der Waals surface area contributed by atoms with E-state index in [1.165, 1.54) is 24.3 Å². The van der Waals surface area contributed by atoms with Gasteiger partial charge in [-0.05, 0) is 45.0 Å². The van der Waals surface area contributed by atoms with Crippen molar-refractivity contribution in [3.63, 3.8) is 0 Å². The number of halogens is 1. The summed E-state index contributed by atoms with van der Waals surface area (Å²) in [6, 6.07) is 5.72. The summed E-state index contributed by atoms with van der Waals surface area (Å²) in [6.45, 7) is 5.88. The van der Waals surface area contributed by atoms with Crippen molar-refractivity contribution < 1.29 is 32.7 Å². The van der Waals surface area contributed by atoms with Crippen LogP contribution >= 0.6 is 0 Å². The van der Waals surface area contributed by atoms with E-state index in [0.29, 0.717) is 5.75 Å². The summed E-state index contributed by atoms with van der Waals surface area (Å²) in [5.41, 5.74) is -0.356. The van der Waals surface area contributed by atoms with E-state index in [-0.39, 0.29) is 36.9 Å². The molecule has 18 heavy (non-hydrogen) atoms. The summed E-state index contributed by atoms with van der Waals surface area (Å²) >= 11 is 0. The summed E-state index contributed by atoms with van der Waals surface area (Å²) in [4.78, 5) is 0. The summed E-state index contributed by atoms with van der Waals surface area (Å²) < 4.78 is 23.6. The van der Waals surface area contributed by atoms with Gasteiger partial charge in [0, 0.05) is 0 Å². The molecule has 1 rings (SSSR count). The average molecular weight is 242 g/mol. The fourth-order valence-corrected chi connectivity index (χ4v) is 1.23. The molecular weight excluding hydrogens is 226 g/mol. The third kappa shape index (κ3) is 6.72. The predicted octanol–water partition coefficient (Wildman–Crippen LogP) is -0.0180. The normalized spacial score (nSPS) is 12.2. The van der Waals surface area contributed by atoms with E-state index < -0.39 is 6.10 Å². The van der Waals surface area contributed by atoms with Gasteiger partial charge in [0.25, 0.3) is 0 Å². The van der Waals surface area contributed by atoms with Crippen LogP contribution in [0.5, 0.6) is 5.75 Å². The molecule has 4 heteroatoms. The van der Waals surface area contributed by atoms with Crippen LogP contribution in [0, 0.1) is 18.2 Å². The minimum atomic E-state index is -0.528. The van der Waals surface area contributed by atoms with Crippen molar-refractivity contribution in [1.29, 1.82) is 0 Å². The van der Waals surface area contributed by atoms with Crippen molar-refractivity contribution in [2.24, 2.45) is 0 Å². The molecule has 2 nitrogen and oxygen atoms in total. The fraction of sp³-hybridized carbons (Fsp3) is 0.429. The van der Waals surface area contributed by atoms with Crippen LogP contribution in [0.4, 0.5) is 4.39 Å². The Kier molecular flexibility index (Phi) is 7.10. The molecule has 0 aliphatic rings. The zero-order valence-electron chi connectivity index (χ0n) is 11.3. The second kappa shape index (κ2) is 7.49. The Morgan fingerprint density at radius 2 is 1.83 bits per heavy atom. The van der Waals surface area contributed by atoms with Gasteiger partial charge in [-0.25, -0.2) is 4.39 Å². The van der Waals surface area contributed by atoms with Crippen molar-refractivity contribution in [3.05, 3.63) is 36.5 Å². The largest absolute Gasteiger partial charge is 1.00 e. The van der Waals surface area contributed by atoms with E-state index in [0.717, 1.165) is 0 Å². The van der Waals surface area contributed by atoms with Gasteiger partial charge in [-0.1, -0.05) is 0 Å². The van der Waals surface area contributed by atoms with Crippen molar-refractivity contribution in [3.8, 4) is 11.7 Å². The topological polar surface area (TPSA) is 18.5 Å². The Morgan fingerprint density at radius 1 is 1.28 bits per heavy atom. The van der Waals surface area contributed by atoms with Crippen LogP contribution in [0.3, 0.4) is 0 Å². The summed E-state index contributed by atoms with van der Waals surface area (Å²) in [5.74, 6) is 2.51. The van der Waals surface area contributed by atoms with Crippen LogP contribution in [0.1, 0.15) is 20.8 Å². The maximum absolute atomic E-state index is 12.7. The number of hydrogen-bond donors (Lipinski definition) is 0. The molecule has 0 heterocycles. The molecule has 1 unspecified atom stereocenters. The molecular formula is C14H16FLiO2. The van der Waals surface area contributed by atoms with E-state index in [4.69, 9.17) is 15.9 Å². The Balaban J connectivity index is 0.00000289. The summed E-state index contributed by atoms with van der Waals surface area (Å²) in [7, 11) is 0. The van der Waals surface area contributed by atoms with Crippen LogP contribution in [0.2, 0.25) is 0 Å². The van der Waals surface area contributed by atoms with Gasteiger partial charge in [0.15, 0.2) is 0 Å². The van der Waals surface area contributed by atoms with E-state index in [1.54, 1.807) is 0 Å². The van der Waals surface area contributed by atoms with Crippen molar-refractivity contribution in [2.75, 3.05) is 6.61 Å². The molecule has 0 spiro atoms. The quantitative estimate of drug-likeness (QED) is 0.420. The molecule has 0 aliphatic heterocycles. The maximum Gasteiger partial charge on any atom is 1.00 e. The first kappa shape index (κ1) is 17.1. The third-order valence-electron chi connectivity index (χ3n) is 1.87. The molecule has 0 bridgehead atoms. The molecule has 92 valence electrons. The minimum Gasteiger partial charge on any atom is -0.691 e. The molecule has 0 amide bonds. The number of hydrogen-bond acceptors (Lipinski definition) is 2. The Hall–Kier alpha value is -0.933. The van der Waals surface area contributed by atoms with Gasteiger partial charge < -0.3 is 21.8 Å². The van der Waals surface area contributed by atoms with Crippen molar-refractivity contribution in [1.82, 2.24) is 0 Å². The van der Waals surface area contributed by atoms with Crippen LogP contribution < -0.4 is 23.6 Å². The van der Waals surface area contributed by atoms with Crippen LogP contribution in [0.25, 0.3) is 0 Å². The first-order valence-electron chi connectivity index (χ1n) is 5.39. The second-order valence-electron chi connectivity index (χ2n) is 4.63. The van der Waals surface area contributed by atoms with Crippen molar-refractivity contribution >= 4 is 0 Å². The number of rotatable bonds is 4. The third-order valence-corrected chi connectivity index (χ3v) is 1.87. The van der Waals surface area contributed by atoms with Gasteiger partial charge in [0.2, 0.25) is 0 Å². The van der Waals surface area contributed by atoms with Crippen LogP contribution in [-0.4, -0.2) is 18.3 Å². The van der Waals surface area contributed by atoms with Gasteiger partial charge in [-0.15, -0.1) is 0 Å². The monoisotopic (exact) mass is 242 g/mol. The van der Waals surface area contributed by atoms with E-state index in [2.05, 4.69) is 5.92 Å². The standard InChI is InChI=1S/C14H16FO2.Li/c1-5-12(17-14(2,3)4)10-16-13-8-6-11(15)7-9-13;/h6-9,12H,10H2,2-4H3;/q-1;+1. The van der Waals surface area contributed by atoms with Gasteiger partial charge >= 0.3 is 18.9 Å². The molecule has 0 fully saturated rings.